The number of halogens is 1. The van der Waals surface area contributed by atoms with Crippen molar-refractivity contribution in [2.24, 2.45) is 0 Å². The summed E-state index contributed by atoms with van der Waals surface area (Å²) in [5.74, 6) is 0.479. The maximum absolute atomic E-state index is 13.0. The number of hydrogen-bond donors (Lipinski definition) is 0. The molecule has 0 aliphatic rings. The number of rotatable bonds is 0. The Kier molecular flexibility index (Phi) is 1.36. The molecule has 62 valence electrons. The summed E-state index contributed by atoms with van der Waals surface area (Å²) in [5, 5.41) is 7.71. The quantitative estimate of drug-likeness (QED) is 0.592. The first-order valence-electron chi connectivity index (χ1n) is 3.67. The molecular formula is C8H8FN3. The molecule has 0 N–H and O–H groups in total. The fourth-order valence-electron chi connectivity index (χ4n) is 1.28. The predicted molar refractivity (Wildman–Crippen MR) is 42.4 cm³/mol. The zero-order valence-corrected chi connectivity index (χ0v) is 6.87. The molecule has 2 aromatic heterocycles. The first-order valence-corrected chi connectivity index (χ1v) is 3.67. The van der Waals surface area contributed by atoms with Gasteiger partial charge >= 0.3 is 0 Å². The lowest BCUT2D eigenvalue weighted by Gasteiger charge is -2.00. The van der Waals surface area contributed by atoms with Crippen molar-refractivity contribution < 1.29 is 4.39 Å². The van der Waals surface area contributed by atoms with Crippen LogP contribution in [0.4, 0.5) is 4.39 Å². The van der Waals surface area contributed by atoms with Crippen molar-refractivity contribution in [1.29, 1.82) is 0 Å². The van der Waals surface area contributed by atoms with Crippen molar-refractivity contribution in [3.63, 3.8) is 0 Å². The van der Waals surface area contributed by atoms with Crippen LogP contribution < -0.4 is 0 Å². The topological polar surface area (TPSA) is 30.2 Å². The van der Waals surface area contributed by atoms with Gasteiger partial charge in [0, 0.05) is 0 Å². The van der Waals surface area contributed by atoms with E-state index in [1.807, 2.05) is 0 Å². The minimum absolute atomic E-state index is 0.231. The van der Waals surface area contributed by atoms with Gasteiger partial charge in [-0.1, -0.05) is 0 Å². The summed E-state index contributed by atoms with van der Waals surface area (Å²) >= 11 is 0. The Balaban J connectivity index is 2.96. The number of fused-ring (bicyclic) bond motifs is 1. The summed E-state index contributed by atoms with van der Waals surface area (Å²) in [6, 6.07) is 3.01. The molecule has 0 amide bonds. The van der Waals surface area contributed by atoms with Crippen molar-refractivity contribution in [3.8, 4) is 0 Å². The van der Waals surface area contributed by atoms with Gasteiger partial charge in [-0.3, -0.25) is 4.40 Å². The number of aromatic nitrogens is 3. The average molecular weight is 165 g/mol. The molecule has 0 unspecified atom stereocenters. The molecule has 4 heteroatoms. The van der Waals surface area contributed by atoms with E-state index in [-0.39, 0.29) is 5.82 Å². The summed E-state index contributed by atoms with van der Waals surface area (Å²) in [6.45, 7) is 3.51. The average Bonchev–Trinajstić information content (AvgIpc) is 2.41. The zero-order valence-electron chi connectivity index (χ0n) is 6.87. The first kappa shape index (κ1) is 7.21. The molecule has 2 aromatic rings. The van der Waals surface area contributed by atoms with Crippen molar-refractivity contribution in [3.05, 3.63) is 29.5 Å². The van der Waals surface area contributed by atoms with E-state index in [0.717, 1.165) is 0 Å². The number of hydrogen-bond acceptors (Lipinski definition) is 2. The van der Waals surface area contributed by atoms with E-state index < -0.39 is 0 Å². The monoisotopic (exact) mass is 165 g/mol. The molecule has 12 heavy (non-hydrogen) atoms. The molecule has 0 bridgehead atoms. The van der Waals surface area contributed by atoms with Crippen LogP contribution in [0.25, 0.3) is 5.65 Å². The van der Waals surface area contributed by atoms with Gasteiger partial charge in [-0.2, -0.15) is 0 Å². The summed E-state index contributed by atoms with van der Waals surface area (Å²) < 4.78 is 14.7. The molecule has 3 nitrogen and oxygen atoms in total. The maximum Gasteiger partial charge on any atom is 0.161 e. The van der Waals surface area contributed by atoms with Crippen molar-refractivity contribution >= 4 is 5.65 Å². The normalized spacial score (nSPS) is 10.9. The van der Waals surface area contributed by atoms with Crippen molar-refractivity contribution in [1.82, 2.24) is 14.6 Å². The minimum atomic E-state index is -0.231. The summed E-state index contributed by atoms with van der Waals surface area (Å²) in [6.07, 6.45) is 0. The highest BCUT2D eigenvalue weighted by atomic mass is 19.1. The van der Waals surface area contributed by atoms with Gasteiger partial charge in [-0.05, 0) is 26.0 Å². The highest BCUT2D eigenvalue weighted by molar-refractivity contribution is 5.39. The van der Waals surface area contributed by atoms with Gasteiger partial charge in [0.1, 0.15) is 11.6 Å². The van der Waals surface area contributed by atoms with Crippen LogP contribution in [0.2, 0.25) is 0 Å². The van der Waals surface area contributed by atoms with E-state index >= 15 is 0 Å². The van der Waals surface area contributed by atoms with Gasteiger partial charge < -0.3 is 0 Å². The van der Waals surface area contributed by atoms with E-state index in [0.29, 0.717) is 17.2 Å². The van der Waals surface area contributed by atoms with Gasteiger partial charge in [-0.25, -0.2) is 4.39 Å². The molecule has 0 aliphatic carbocycles. The van der Waals surface area contributed by atoms with Crippen LogP contribution in [-0.2, 0) is 0 Å². The van der Waals surface area contributed by atoms with Gasteiger partial charge in [0.05, 0.1) is 5.69 Å². The molecule has 0 radical (unpaired) electrons. The molecule has 0 atom stereocenters. The van der Waals surface area contributed by atoms with Crippen LogP contribution in [0.1, 0.15) is 11.5 Å². The Bertz CT molecular complexity index is 433. The second kappa shape index (κ2) is 2.27. The fourth-order valence-corrected chi connectivity index (χ4v) is 1.28. The Morgan fingerprint density at radius 3 is 2.75 bits per heavy atom. The summed E-state index contributed by atoms with van der Waals surface area (Å²) in [4.78, 5) is 0. The van der Waals surface area contributed by atoms with Crippen LogP contribution in [-0.4, -0.2) is 14.6 Å². The fraction of sp³-hybridized carbons (Fsp3) is 0.250. The third-order valence-electron chi connectivity index (χ3n) is 1.91. The first-order chi connectivity index (χ1) is 5.70. The number of pyridine rings is 1. The Morgan fingerprint density at radius 1 is 1.25 bits per heavy atom. The molecular weight excluding hydrogens is 157 g/mol. The Labute approximate surface area is 68.9 Å². The number of nitrogens with zero attached hydrogens (tertiary/aromatic N) is 3. The minimum Gasteiger partial charge on any atom is -0.281 e. The zero-order chi connectivity index (χ0) is 8.72. The predicted octanol–water partition coefficient (Wildman–Crippen LogP) is 1.49. The van der Waals surface area contributed by atoms with E-state index in [4.69, 9.17) is 0 Å². The molecule has 0 aromatic carbocycles. The van der Waals surface area contributed by atoms with Gasteiger partial charge in [0.25, 0.3) is 0 Å². The van der Waals surface area contributed by atoms with Gasteiger partial charge in [0.2, 0.25) is 0 Å². The number of aryl methyl sites for hydroxylation is 2. The van der Waals surface area contributed by atoms with Crippen LogP contribution in [0, 0.1) is 19.7 Å². The second-order valence-corrected chi connectivity index (χ2v) is 2.71. The molecule has 2 heterocycles. The van der Waals surface area contributed by atoms with Crippen LogP contribution in [0.5, 0.6) is 0 Å². The third kappa shape index (κ3) is 0.809. The van der Waals surface area contributed by atoms with E-state index in [1.54, 1.807) is 24.3 Å². The Morgan fingerprint density at radius 2 is 2.00 bits per heavy atom. The summed E-state index contributed by atoms with van der Waals surface area (Å²) in [7, 11) is 0. The lowest BCUT2D eigenvalue weighted by atomic mass is 10.3. The maximum atomic E-state index is 13.0. The molecule has 0 saturated heterocycles. The smallest absolute Gasteiger partial charge is 0.161 e. The van der Waals surface area contributed by atoms with E-state index in [2.05, 4.69) is 10.2 Å². The summed E-state index contributed by atoms with van der Waals surface area (Å²) in [5.41, 5.74) is 1.24. The lowest BCUT2D eigenvalue weighted by molar-refractivity contribution is 0.605. The molecule has 2 rings (SSSR count). The largest absolute Gasteiger partial charge is 0.281 e. The van der Waals surface area contributed by atoms with Crippen molar-refractivity contribution in [2.45, 2.75) is 13.8 Å². The lowest BCUT2D eigenvalue weighted by Crippen LogP contribution is -1.96. The molecule has 0 aliphatic heterocycles. The van der Waals surface area contributed by atoms with E-state index in [1.165, 1.54) is 6.07 Å². The highest BCUT2D eigenvalue weighted by Gasteiger charge is 2.06. The molecule has 0 fully saturated rings. The third-order valence-corrected chi connectivity index (χ3v) is 1.91. The highest BCUT2D eigenvalue weighted by Crippen LogP contribution is 2.10. The van der Waals surface area contributed by atoms with Crippen LogP contribution in [0.15, 0.2) is 12.1 Å². The van der Waals surface area contributed by atoms with Crippen molar-refractivity contribution in [2.75, 3.05) is 0 Å². The van der Waals surface area contributed by atoms with Crippen LogP contribution >= 0.6 is 0 Å². The second-order valence-electron chi connectivity index (χ2n) is 2.71. The molecule has 0 saturated carbocycles. The van der Waals surface area contributed by atoms with Gasteiger partial charge in [-0.15, -0.1) is 10.2 Å². The van der Waals surface area contributed by atoms with E-state index in [9.17, 15) is 4.39 Å². The SMILES string of the molecule is Cc1nnc2ccc(F)c(C)n12. The molecule has 0 spiro atoms. The Hall–Kier alpha value is -1.45. The van der Waals surface area contributed by atoms with Crippen LogP contribution in [0.3, 0.4) is 0 Å². The standard InChI is InChI=1S/C8H8FN3/c1-5-7(9)3-4-8-11-10-6(2)12(5)8/h3-4H,1-2H3. The van der Waals surface area contributed by atoms with Gasteiger partial charge in [0.15, 0.2) is 5.65 Å².